The van der Waals surface area contributed by atoms with Crippen molar-refractivity contribution < 1.29 is 0 Å². The molecule has 0 N–H and O–H groups in total. The Labute approximate surface area is 145 Å². The van der Waals surface area contributed by atoms with Gasteiger partial charge in [0.15, 0.2) is 0 Å². The highest BCUT2D eigenvalue weighted by Crippen LogP contribution is 2.32. The van der Waals surface area contributed by atoms with Gasteiger partial charge >= 0.3 is 0 Å². The van der Waals surface area contributed by atoms with Crippen LogP contribution in [0.1, 0.15) is 5.56 Å². The van der Waals surface area contributed by atoms with E-state index >= 15 is 0 Å². The van der Waals surface area contributed by atoms with Gasteiger partial charge in [0.1, 0.15) is 0 Å². The zero-order chi connectivity index (χ0) is 16.5. The molecule has 2 aliphatic rings. The summed E-state index contributed by atoms with van der Waals surface area (Å²) in [5.74, 6) is 0. The fraction of sp³-hybridized carbons (Fsp3) is 0.263. The first kappa shape index (κ1) is 15.1. The first-order valence-corrected chi connectivity index (χ1v) is 9.00. The van der Waals surface area contributed by atoms with Crippen molar-refractivity contribution in [1.29, 1.82) is 5.26 Å². The van der Waals surface area contributed by atoms with Gasteiger partial charge in [-0.15, -0.1) is 11.3 Å². The van der Waals surface area contributed by atoms with E-state index in [4.69, 9.17) is 10.3 Å². The van der Waals surface area contributed by atoms with Gasteiger partial charge in [-0.2, -0.15) is 5.26 Å². The molecule has 120 valence electrons. The van der Waals surface area contributed by atoms with Gasteiger partial charge in [0.2, 0.25) is 0 Å². The molecule has 0 aliphatic carbocycles. The number of nitrogens with zero attached hydrogens (tertiary/aromatic N) is 4. The Balaban J connectivity index is 1.92. The van der Waals surface area contributed by atoms with Crippen LogP contribution in [0.15, 0.2) is 40.0 Å². The molecule has 3 heterocycles. The Hall–Kier alpha value is -2.42. The molecule has 0 amide bonds. The summed E-state index contributed by atoms with van der Waals surface area (Å²) in [5.41, 5.74) is 4.12. The van der Waals surface area contributed by atoms with Gasteiger partial charge in [0, 0.05) is 53.8 Å². The number of anilines is 1. The topological polar surface area (TPSA) is 42.6 Å². The highest BCUT2D eigenvalue weighted by Gasteiger charge is 2.17. The second-order valence-electron chi connectivity index (χ2n) is 6.16. The molecular formula is C19H18N4S. The number of nitriles is 1. The van der Waals surface area contributed by atoms with E-state index < -0.39 is 0 Å². The normalized spacial score (nSPS) is 18.8. The molecule has 0 radical (unpaired) electrons. The Morgan fingerprint density at radius 1 is 1.21 bits per heavy atom. The Morgan fingerprint density at radius 3 is 2.83 bits per heavy atom. The van der Waals surface area contributed by atoms with Crippen molar-refractivity contribution in [2.24, 2.45) is 4.99 Å². The summed E-state index contributed by atoms with van der Waals surface area (Å²) < 4.78 is 0. The third-order valence-electron chi connectivity index (χ3n) is 4.61. The number of rotatable bonds is 1. The van der Waals surface area contributed by atoms with E-state index in [1.165, 1.54) is 5.69 Å². The van der Waals surface area contributed by atoms with Crippen molar-refractivity contribution >= 4 is 34.4 Å². The first-order chi connectivity index (χ1) is 11.8. The fourth-order valence-corrected chi connectivity index (χ4v) is 4.01. The molecule has 1 aromatic heterocycles. The third-order valence-corrected chi connectivity index (χ3v) is 5.34. The monoisotopic (exact) mass is 334 g/mol. The van der Waals surface area contributed by atoms with Crippen LogP contribution < -0.4 is 15.5 Å². The summed E-state index contributed by atoms with van der Waals surface area (Å²) in [6.07, 6.45) is 3.69. The number of likely N-dealkylation sites (N-methyl/N-ethyl adjacent to an activating group) is 1. The molecule has 1 fully saturated rings. The molecule has 0 bridgehead atoms. The third kappa shape index (κ3) is 2.64. The Bertz CT molecular complexity index is 956. The van der Waals surface area contributed by atoms with E-state index in [9.17, 15) is 0 Å². The Kier molecular flexibility index (Phi) is 3.93. The summed E-state index contributed by atoms with van der Waals surface area (Å²) in [6.45, 7) is 4.16. The highest BCUT2D eigenvalue weighted by atomic mass is 32.1. The van der Waals surface area contributed by atoms with Gasteiger partial charge in [-0.05, 0) is 24.8 Å². The van der Waals surface area contributed by atoms with Crippen molar-refractivity contribution in [2.75, 3.05) is 38.1 Å². The second-order valence-corrected chi connectivity index (χ2v) is 6.90. The summed E-state index contributed by atoms with van der Waals surface area (Å²) in [6, 6.07) is 8.49. The molecule has 4 rings (SSSR count). The molecule has 0 saturated carbocycles. The lowest BCUT2D eigenvalue weighted by Crippen LogP contribution is -2.47. The van der Waals surface area contributed by atoms with Crippen LogP contribution in [0, 0.1) is 11.3 Å². The van der Waals surface area contributed by atoms with Crippen molar-refractivity contribution in [3.8, 4) is 6.07 Å². The van der Waals surface area contributed by atoms with Crippen molar-refractivity contribution in [2.45, 2.75) is 0 Å². The van der Waals surface area contributed by atoms with Crippen molar-refractivity contribution in [3.05, 3.63) is 51.2 Å². The number of piperazine rings is 1. The lowest BCUT2D eigenvalue weighted by Gasteiger charge is -2.34. The van der Waals surface area contributed by atoms with E-state index in [0.29, 0.717) is 0 Å². The van der Waals surface area contributed by atoms with Gasteiger partial charge in [-0.1, -0.05) is 12.1 Å². The minimum absolute atomic E-state index is 0.937. The number of thiophene rings is 1. The zero-order valence-electron chi connectivity index (χ0n) is 13.6. The van der Waals surface area contributed by atoms with Gasteiger partial charge in [0.25, 0.3) is 0 Å². The molecule has 2 aromatic rings. The molecule has 4 nitrogen and oxygen atoms in total. The maximum atomic E-state index is 9.12. The second kappa shape index (κ2) is 6.23. The van der Waals surface area contributed by atoms with Crippen LogP contribution >= 0.6 is 11.3 Å². The summed E-state index contributed by atoms with van der Waals surface area (Å²) in [7, 11) is 2.16. The quantitative estimate of drug-likeness (QED) is 0.751. The first-order valence-electron chi connectivity index (χ1n) is 8.05. The molecule has 1 saturated heterocycles. The van der Waals surface area contributed by atoms with Crippen LogP contribution in [0.2, 0.25) is 0 Å². The van der Waals surface area contributed by atoms with Gasteiger partial charge in [-0.25, -0.2) is 4.99 Å². The van der Waals surface area contributed by atoms with Crippen LogP contribution in [0.3, 0.4) is 0 Å². The number of hydrogen-bond donors (Lipinski definition) is 0. The molecule has 0 atom stereocenters. The predicted octanol–water partition coefficient (Wildman–Crippen LogP) is 2.15. The van der Waals surface area contributed by atoms with Crippen molar-refractivity contribution in [1.82, 2.24) is 4.90 Å². The predicted molar refractivity (Wildman–Crippen MR) is 99.0 cm³/mol. The lowest BCUT2D eigenvalue weighted by molar-refractivity contribution is 0.312. The maximum absolute atomic E-state index is 9.12. The van der Waals surface area contributed by atoms with E-state index in [-0.39, 0.29) is 0 Å². The molecule has 5 heteroatoms. The van der Waals surface area contributed by atoms with E-state index in [2.05, 4.69) is 58.0 Å². The van der Waals surface area contributed by atoms with Crippen LogP contribution in [-0.4, -0.2) is 38.1 Å². The van der Waals surface area contributed by atoms with Crippen LogP contribution in [0.5, 0.6) is 0 Å². The summed E-state index contributed by atoms with van der Waals surface area (Å²) in [5, 5.41) is 15.3. The van der Waals surface area contributed by atoms with E-state index in [1.807, 2.05) is 0 Å². The highest BCUT2D eigenvalue weighted by molar-refractivity contribution is 7.08. The largest absolute Gasteiger partial charge is 0.367 e. The lowest BCUT2D eigenvalue weighted by atomic mass is 10.1. The van der Waals surface area contributed by atoms with Gasteiger partial charge < -0.3 is 9.80 Å². The SMILES string of the molecule is CN1CCN(c2cccc3c2=Nc2cscc2C(=CC#N)C=3)CC1. The van der Waals surface area contributed by atoms with Gasteiger partial charge in [-0.3, -0.25) is 0 Å². The molecule has 1 aromatic carbocycles. The van der Waals surface area contributed by atoms with Crippen LogP contribution in [0.4, 0.5) is 11.4 Å². The maximum Gasteiger partial charge on any atom is 0.0943 e. The van der Waals surface area contributed by atoms with E-state index in [1.54, 1.807) is 17.4 Å². The number of allylic oxidation sites excluding steroid dienone is 2. The molecule has 0 unspecified atom stereocenters. The zero-order valence-corrected chi connectivity index (χ0v) is 14.4. The fourth-order valence-electron chi connectivity index (χ4n) is 3.24. The average Bonchev–Trinajstić information content (AvgIpc) is 2.99. The molecular weight excluding hydrogens is 316 g/mol. The summed E-state index contributed by atoms with van der Waals surface area (Å²) in [4.78, 5) is 9.73. The van der Waals surface area contributed by atoms with E-state index in [0.717, 1.165) is 53.6 Å². The number of hydrogen-bond acceptors (Lipinski definition) is 5. The Morgan fingerprint density at radius 2 is 2.04 bits per heavy atom. The number of fused-ring (bicyclic) bond motifs is 2. The molecule has 2 aliphatic heterocycles. The van der Waals surface area contributed by atoms with Crippen LogP contribution in [-0.2, 0) is 0 Å². The van der Waals surface area contributed by atoms with Gasteiger partial charge in [0.05, 0.1) is 22.8 Å². The minimum atomic E-state index is 0.937. The molecule has 24 heavy (non-hydrogen) atoms. The smallest absolute Gasteiger partial charge is 0.0943 e. The standard InChI is InChI=1S/C19H18N4S/c1-22-7-9-23(10-8-22)18-4-2-3-15-11-14(5-6-20)16-12-24-13-17(16)21-19(15)18/h2-5,11-13H,7-10H2,1H3. The van der Waals surface area contributed by atoms with Crippen LogP contribution in [0.25, 0.3) is 11.6 Å². The number of para-hydroxylation sites is 1. The molecule has 0 spiro atoms. The average molecular weight is 334 g/mol. The summed E-state index contributed by atoms with van der Waals surface area (Å²) >= 11 is 1.63. The minimum Gasteiger partial charge on any atom is -0.367 e. The number of benzene rings is 1. The van der Waals surface area contributed by atoms with Crippen molar-refractivity contribution in [3.63, 3.8) is 0 Å².